The molecule has 1 N–H and O–H groups in total. The van der Waals surface area contributed by atoms with Crippen LogP contribution in [0.15, 0.2) is 79.1 Å². The minimum absolute atomic E-state index is 0.256. The van der Waals surface area contributed by atoms with Crippen molar-refractivity contribution in [2.75, 3.05) is 7.11 Å². The Morgan fingerprint density at radius 2 is 1.53 bits per heavy atom. The van der Waals surface area contributed by atoms with E-state index in [-0.39, 0.29) is 5.75 Å². The molecule has 3 aromatic carbocycles. The fraction of sp³-hybridized carbons (Fsp3) is 0.0870. The molecule has 0 amide bonds. The van der Waals surface area contributed by atoms with Gasteiger partial charge in [-0.15, -0.1) is 13.2 Å². The Morgan fingerprint density at radius 3 is 2.10 bits per heavy atom. The maximum atomic E-state index is 12.1. The highest BCUT2D eigenvalue weighted by Gasteiger charge is 2.30. The van der Waals surface area contributed by atoms with E-state index in [1.54, 1.807) is 0 Å². The number of hydrogen-bond donors (Lipinski definition) is 1. The quantitative estimate of drug-likeness (QED) is 0.356. The van der Waals surface area contributed by atoms with Crippen molar-refractivity contribution < 1.29 is 32.5 Å². The normalized spacial score (nSPS) is 10.5. The van der Waals surface area contributed by atoms with Gasteiger partial charge in [-0.05, 0) is 47.2 Å². The maximum absolute atomic E-state index is 12.1. The van der Waals surface area contributed by atoms with Gasteiger partial charge in [-0.3, -0.25) is 0 Å². The largest absolute Gasteiger partial charge is 0.573 e. The summed E-state index contributed by atoms with van der Waals surface area (Å²) in [4.78, 5) is 9.59. The minimum Gasteiger partial charge on any atom is -0.504 e. The number of carboxylic acid groups (broad SMARTS) is 1. The number of alkyl halides is 3. The van der Waals surface area contributed by atoms with Crippen molar-refractivity contribution in [2.24, 2.45) is 0 Å². The van der Waals surface area contributed by atoms with Crippen molar-refractivity contribution in [3.8, 4) is 17.6 Å². The molecular weight excluding hydrogens is 397 g/mol. The number of hydrogen-bond acceptors (Lipinski definition) is 3. The zero-order chi connectivity index (χ0) is 22.0. The van der Waals surface area contributed by atoms with Crippen LogP contribution in [0.4, 0.5) is 13.2 Å². The van der Waals surface area contributed by atoms with Gasteiger partial charge in [-0.1, -0.05) is 42.2 Å². The van der Waals surface area contributed by atoms with Crippen LogP contribution in [0.5, 0.6) is 5.75 Å². The number of ether oxygens (including phenoxy) is 2. The predicted molar refractivity (Wildman–Crippen MR) is 107 cm³/mol. The maximum Gasteiger partial charge on any atom is 0.573 e. The van der Waals surface area contributed by atoms with E-state index in [9.17, 15) is 18.0 Å². The minimum atomic E-state index is -4.68. The molecule has 0 aliphatic carbocycles. The van der Waals surface area contributed by atoms with Gasteiger partial charge >= 0.3 is 12.3 Å². The molecule has 4 nitrogen and oxygen atoms in total. The molecule has 0 saturated heterocycles. The van der Waals surface area contributed by atoms with Crippen molar-refractivity contribution in [3.63, 3.8) is 0 Å². The van der Waals surface area contributed by atoms with Gasteiger partial charge in [0.15, 0.2) is 0 Å². The van der Waals surface area contributed by atoms with Crippen LogP contribution >= 0.6 is 0 Å². The fourth-order valence-electron chi connectivity index (χ4n) is 2.28. The molecular formula is C23H17F3O4. The second kappa shape index (κ2) is 10.6. The van der Waals surface area contributed by atoms with Crippen LogP contribution < -0.4 is 4.74 Å². The average molecular weight is 414 g/mol. The number of methoxy groups -OCH3 is 1. The molecule has 0 atom stereocenters. The van der Waals surface area contributed by atoms with E-state index in [2.05, 4.69) is 21.3 Å². The van der Waals surface area contributed by atoms with Gasteiger partial charge in [0.1, 0.15) is 5.75 Å². The second-order valence-electron chi connectivity index (χ2n) is 5.76. The standard InChI is InChI=1S/C19H11F3O.C4H6O3/c20-19(21,22)23-18-11-8-14(9-12-18)5-6-15-7-10-16-3-1-2-4-17(16)13-15;1-7-3-2-4(5)6/h1-4,7-13H;2-3H,1H3,(H,5,6). The van der Waals surface area contributed by atoms with Crippen LogP contribution in [0.3, 0.4) is 0 Å². The van der Waals surface area contributed by atoms with E-state index in [4.69, 9.17) is 5.11 Å². The number of benzene rings is 3. The highest BCUT2D eigenvalue weighted by atomic mass is 19.4. The lowest BCUT2D eigenvalue weighted by Gasteiger charge is -2.07. The third-order valence-electron chi connectivity index (χ3n) is 3.54. The zero-order valence-corrected chi connectivity index (χ0v) is 15.8. The smallest absolute Gasteiger partial charge is 0.504 e. The van der Waals surface area contributed by atoms with Gasteiger partial charge in [-0.25, -0.2) is 4.79 Å². The van der Waals surface area contributed by atoms with Crippen molar-refractivity contribution >= 4 is 16.7 Å². The lowest BCUT2D eigenvalue weighted by molar-refractivity contribution is -0.274. The van der Waals surface area contributed by atoms with E-state index in [0.717, 1.165) is 28.7 Å². The van der Waals surface area contributed by atoms with E-state index >= 15 is 0 Å². The van der Waals surface area contributed by atoms with Crippen molar-refractivity contribution in [2.45, 2.75) is 6.36 Å². The molecule has 0 heterocycles. The molecule has 0 aliphatic rings. The van der Waals surface area contributed by atoms with Crippen molar-refractivity contribution in [1.82, 2.24) is 0 Å². The molecule has 3 rings (SSSR count). The summed E-state index contributed by atoms with van der Waals surface area (Å²) in [5.41, 5.74) is 1.46. The molecule has 30 heavy (non-hydrogen) atoms. The lowest BCUT2D eigenvalue weighted by atomic mass is 10.1. The summed E-state index contributed by atoms with van der Waals surface area (Å²) in [6.45, 7) is 0. The first-order valence-electron chi connectivity index (χ1n) is 8.56. The molecule has 7 heteroatoms. The fourth-order valence-corrected chi connectivity index (χ4v) is 2.28. The Balaban J connectivity index is 0.000000396. The monoisotopic (exact) mass is 414 g/mol. The molecule has 0 saturated carbocycles. The number of aliphatic carboxylic acids is 1. The Morgan fingerprint density at radius 1 is 0.933 bits per heavy atom. The highest BCUT2D eigenvalue weighted by molar-refractivity contribution is 5.83. The summed E-state index contributed by atoms with van der Waals surface area (Å²) in [7, 11) is 1.39. The van der Waals surface area contributed by atoms with Crippen LogP contribution in [0, 0.1) is 11.8 Å². The van der Waals surface area contributed by atoms with Crippen LogP contribution in [0.2, 0.25) is 0 Å². The summed E-state index contributed by atoms with van der Waals surface area (Å²) in [5.74, 6) is 4.68. The van der Waals surface area contributed by atoms with Gasteiger partial charge < -0.3 is 14.6 Å². The molecule has 154 valence electrons. The molecule has 0 unspecified atom stereocenters. The van der Waals surface area contributed by atoms with Gasteiger partial charge in [0.25, 0.3) is 0 Å². The summed E-state index contributed by atoms with van der Waals surface area (Å²) in [6, 6.07) is 19.3. The SMILES string of the molecule is COC=CC(=O)O.FC(F)(F)Oc1ccc(C#Cc2ccc3ccccc3c2)cc1. The number of carboxylic acids is 1. The van der Waals surface area contributed by atoms with Crippen LogP contribution in [0.25, 0.3) is 10.8 Å². The Hall–Kier alpha value is -3.92. The molecule has 0 aromatic heterocycles. The first kappa shape index (κ1) is 22.4. The Kier molecular flexibility index (Phi) is 7.89. The molecule has 0 bridgehead atoms. The Bertz CT molecular complexity index is 1080. The van der Waals surface area contributed by atoms with Crippen LogP contribution in [-0.4, -0.2) is 24.5 Å². The number of halogens is 3. The summed E-state index contributed by atoms with van der Waals surface area (Å²) in [5, 5.41) is 10.1. The molecule has 0 spiro atoms. The summed E-state index contributed by atoms with van der Waals surface area (Å²) in [6.07, 6.45) is -2.67. The van der Waals surface area contributed by atoms with Crippen LogP contribution in [0.1, 0.15) is 11.1 Å². The van der Waals surface area contributed by atoms with E-state index < -0.39 is 12.3 Å². The molecule has 0 radical (unpaired) electrons. The highest BCUT2D eigenvalue weighted by Crippen LogP contribution is 2.22. The third kappa shape index (κ3) is 7.98. The first-order chi connectivity index (χ1) is 14.3. The topological polar surface area (TPSA) is 55.8 Å². The van der Waals surface area contributed by atoms with Crippen molar-refractivity contribution in [3.05, 3.63) is 90.2 Å². The third-order valence-corrected chi connectivity index (χ3v) is 3.54. The predicted octanol–water partition coefficient (Wildman–Crippen LogP) is 5.37. The molecule has 0 fully saturated rings. The molecule has 0 aliphatic heterocycles. The summed E-state index contributed by atoms with van der Waals surface area (Å²) < 4.78 is 44.4. The zero-order valence-electron chi connectivity index (χ0n) is 15.8. The van der Waals surface area contributed by atoms with Gasteiger partial charge in [0.2, 0.25) is 0 Å². The Labute approximate surface area is 171 Å². The first-order valence-corrected chi connectivity index (χ1v) is 8.56. The summed E-state index contributed by atoms with van der Waals surface area (Å²) >= 11 is 0. The van der Waals surface area contributed by atoms with E-state index in [1.165, 1.54) is 31.4 Å². The number of fused-ring (bicyclic) bond motifs is 1. The van der Waals surface area contributed by atoms with Crippen molar-refractivity contribution in [1.29, 1.82) is 0 Å². The van der Waals surface area contributed by atoms with E-state index in [1.807, 2.05) is 42.5 Å². The van der Waals surface area contributed by atoms with Gasteiger partial charge in [0.05, 0.1) is 19.4 Å². The number of carbonyl (C=O) groups is 1. The average Bonchev–Trinajstić information content (AvgIpc) is 2.71. The van der Waals surface area contributed by atoms with Crippen LogP contribution in [-0.2, 0) is 9.53 Å². The van der Waals surface area contributed by atoms with Gasteiger partial charge in [-0.2, -0.15) is 0 Å². The molecule has 3 aromatic rings. The lowest BCUT2D eigenvalue weighted by Crippen LogP contribution is -2.16. The van der Waals surface area contributed by atoms with Gasteiger partial charge in [0, 0.05) is 11.1 Å². The van der Waals surface area contributed by atoms with E-state index in [0.29, 0.717) is 5.56 Å². The second-order valence-corrected chi connectivity index (χ2v) is 5.76. The number of rotatable bonds is 3.